The van der Waals surface area contributed by atoms with Crippen molar-refractivity contribution in [3.05, 3.63) is 24.3 Å². The topological polar surface area (TPSA) is 69.7 Å². The van der Waals surface area contributed by atoms with Crippen LogP contribution in [0, 0.1) is 0 Å². The zero-order chi connectivity index (χ0) is 11.7. The minimum Gasteiger partial charge on any atom is -0.546 e. The van der Waals surface area contributed by atoms with E-state index in [1.54, 1.807) is 24.3 Å². The van der Waals surface area contributed by atoms with E-state index in [1.165, 1.54) is 11.8 Å². The van der Waals surface area contributed by atoms with Crippen LogP contribution in [0.1, 0.15) is 6.92 Å². The minimum absolute atomic E-state index is 0.0192. The molecule has 0 spiro atoms. The monoisotopic (exact) mass is 220 g/mol. The molecule has 1 atom stereocenters. The molecule has 1 heterocycles. The molecule has 1 aliphatic heterocycles. The first-order valence-electron chi connectivity index (χ1n) is 4.84. The summed E-state index contributed by atoms with van der Waals surface area (Å²) in [6.45, 7) is 1.36. The molecule has 0 N–H and O–H groups in total. The van der Waals surface area contributed by atoms with E-state index in [4.69, 9.17) is 4.74 Å². The van der Waals surface area contributed by atoms with Crippen molar-refractivity contribution in [3.63, 3.8) is 0 Å². The Morgan fingerprint density at radius 3 is 2.75 bits per heavy atom. The van der Waals surface area contributed by atoms with E-state index in [1.807, 2.05) is 0 Å². The Balaban J connectivity index is 2.41. The fourth-order valence-corrected chi connectivity index (χ4v) is 1.66. The van der Waals surface area contributed by atoms with Crippen molar-refractivity contribution in [2.24, 2.45) is 0 Å². The Hall–Kier alpha value is -2.04. The number of hydrogen-bond donors (Lipinski definition) is 0. The Kier molecular flexibility index (Phi) is 2.52. The van der Waals surface area contributed by atoms with Crippen LogP contribution in [0.3, 0.4) is 0 Å². The standard InChI is InChI=1S/C11H11NO4/c1-7(13)12-6-10(11(14)15)16-9-5-3-2-4-8(9)12/h2-5,10H,6H2,1H3,(H,14,15)/p-1/t10-/m1/s1. The molecule has 2 rings (SSSR count). The summed E-state index contributed by atoms with van der Waals surface area (Å²) in [5.74, 6) is -1.15. The number of carboxylic acids is 1. The molecule has 0 radical (unpaired) electrons. The maximum Gasteiger partial charge on any atom is 0.224 e. The SMILES string of the molecule is CC(=O)N1C[C@H](C(=O)[O-])Oc2ccccc21. The highest BCUT2D eigenvalue weighted by Crippen LogP contribution is 2.32. The molecule has 0 aromatic heterocycles. The van der Waals surface area contributed by atoms with E-state index in [2.05, 4.69) is 0 Å². The van der Waals surface area contributed by atoms with Crippen LogP contribution in [0.5, 0.6) is 5.75 Å². The largest absolute Gasteiger partial charge is 0.546 e. The Morgan fingerprint density at radius 2 is 2.12 bits per heavy atom. The molecule has 0 saturated carbocycles. The molecule has 0 fully saturated rings. The van der Waals surface area contributed by atoms with Gasteiger partial charge in [0, 0.05) is 6.92 Å². The summed E-state index contributed by atoms with van der Waals surface area (Å²) >= 11 is 0. The van der Waals surface area contributed by atoms with E-state index >= 15 is 0 Å². The lowest BCUT2D eigenvalue weighted by molar-refractivity contribution is -0.313. The molecule has 0 unspecified atom stereocenters. The van der Waals surface area contributed by atoms with Crippen molar-refractivity contribution < 1.29 is 19.4 Å². The van der Waals surface area contributed by atoms with Crippen LogP contribution in [0.4, 0.5) is 5.69 Å². The molecule has 1 aromatic rings. The molecular formula is C11H10NO4-. The van der Waals surface area contributed by atoms with Crippen molar-refractivity contribution in [3.8, 4) is 5.75 Å². The number of rotatable bonds is 1. The fraction of sp³-hybridized carbons (Fsp3) is 0.273. The molecule has 84 valence electrons. The highest BCUT2D eigenvalue weighted by atomic mass is 16.5. The van der Waals surface area contributed by atoms with E-state index in [0.717, 1.165) is 0 Å². The average Bonchev–Trinajstić information content (AvgIpc) is 2.27. The van der Waals surface area contributed by atoms with Crippen LogP contribution >= 0.6 is 0 Å². The highest BCUT2D eigenvalue weighted by Gasteiger charge is 2.28. The summed E-state index contributed by atoms with van der Waals surface area (Å²) in [7, 11) is 0. The number of fused-ring (bicyclic) bond motifs is 1. The molecule has 0 aliphatic carbocycles. The third-order valence-corrected chi connectivity index (χ3v) is 2.42. The smallest absolute Gasteiger partial charge is 0.224 e. The van der Waals surface area contributed by atoms with Gasteiger partial charge in [0.1, 0.15) is 5.75 Å². The third-order valence-electron chi connectivity index (χ3n) is 2.42. The fourth-order valence-electron chi connectivity index (χ4n) is 1.66. The molecule has 1 amide bonds. The van der Waals surface area contributed by atoms with Gasteiger partial charge in [-0.2, -0.15) is 0 Å². The number of ether oxygens (including phenoxy) is 1. The minimum atomic E-state index is -1.32. The lowest BCUT2D eigenvalue weighted by atomic mass is 10.2. The number of anilines is 1. The van der Waals surface area contributed by atoms with Gasteiger partial charge in [-0.05, 0) is 12.1 Å². The quantitative estimate of drug-likeness (QED) is 0.642. The van der Waals surface area contributed by atoms with Gasteiger partial charge in [0.05, 0.1) is 18.2 Å². The van der Waals surface area contributed by atoms with E-state index in [-0.39, 0.29) is 12.5 Å². The van der Waals surface area contributed by atoms with Crippen LogP contribution < -0.4 is 14.7 Å². The van der Waals surface area contributed by atoms with Gasteiger partial charge in [0.2, 0.25) is 5.91 Å². The second kappa shape index (κ2) is 3.84. The lowest BCUT2D eigenvalue weighted by Crippen LogP contribution is -2.51. The average molecular weight is 220 g/mol. The maximum atomic E-state index is 11.4. The Labute approximate surface area is 92.2 Å². The summed E-state index contributed by atoms with van der Waals surface area (Å²) in [4.78, 5) is 23.5. The van der Waals surface area contributed by atoms with Crippen molar-refractivity contribution >= 4 is 17.6 Å². The first-order valence-corrected chi connectivity index (χ1v) is 4.84. The molecule has 1 aliphatic rings. The van der Waals surface area contributed by atoms with E-state index in [9.17, 15) is 14.7 Å². The molecule has 0 bridgehead atoms. The zero-order valence-corrected chi connectivity index (χ0v) is 8.67. The molecule has 5 nitrogen and oxygen atoms in total. The number of para-hydroxylation sites is 2. The first kappa shape index (κ1) is 10.5. The van der Waals surface area contributed by atoms with Crippen LogP contribution in [0.15, 0.2) is 24.3 Å². The third kappa shape index (κ3) is 1.71. The van der Waals surface area contributed by atoms with Gasteiger partial charge < -0.3 is 19.5 Å². The number of aliphatic carboxylic acids is 1. The van der Waals surface area contributed by atoms with Crippen LogP contribution in [0.2, 0.25) is 0 Å². The van der Waals surface area contributed by atoms with Crippen LogP contribution in [-0.2, 0) is 9.59 Å². The Morgan fingerprint density at radius 1 is 1.44 bits per heavy atom. The van der Waals surface area contributed by atoms with Gasteiger partial charge in [-0.15, -0.1) is 0 Å². The summed E-state index contributed by atoms with van der Waals surface area (Å²) in [6, 6.07) is 6.81. The predicted molar refractivity (Wildman–Crippen MR) is 53.9 cm³/mol. The molecule has 0 saturated heterocycles. The summed E-state index contributed by atoms with van der Waals surface area (Å²) in [6.07, 6.45) is -1.11. The number of amides is 1. The van der Waals surface area contributed by atoms with Crippen molar-refractivity contribution in [1.29, 1.82) is 0 Å². The first-order chi connectivity index (χ1) is 7.59. The van der Waals surface area contributed by atoms with E-state index in [0.29, 0.717) is 11.4 Å². The number of benzene rings is 1. The number of hydrogen-bond acceptors (Lipinski definition) is 4. The van der Waals surface area contributed by atoms with Gasteiger partial charge in [0.25, 0.3) is 0 Å². The predicted octanol–water partition coefficient (Wildman–Crippen LogP) is -0.450. The van der Waals surface area contributed by atoms with Gasteiger partial charge in [0.15, 0.2) is 6.10 Å². The molecule has 5 heteroatoms. The Bertz CT molecular complexity index is 443. The van der Waals surface area contributed by atoms with Crippen LogP contribution in [0.25, 0.3) is 0 Å². The van der Waals surface area contributed by atoms with Gasteiger partial charge >= 0.3 is 0 Å². The normalized spacial score (nSPS) is 18.6. The lowest BCUT2D eigenvalue weighted by Gasteiger charge is -2.34. The van der Waals surface area contributed by atoms with Gasteiger partial charge in [-0.1, -0.05) is 12.1 Å². The maximum absolute atomic E-state index is 11.4. The second-order valence-electron chi connectivity index (χ2n) is 3.52. The summed E-state index contributed by atoms with van der Waals surface area (Å²) in [5, 5.41) is 10.8. The second-order valence-corrected chi connectivity index (χ2v) is 3.52. The zero-order valence-electron chi connectivity index (χ0n) is 8.67. The number of carbonyl (C=O) groups is 2. The van der Waals surface area contributed by atoms with Crippen molar-refractivity contribution in [1.82, 2.24) is 0 Å². The van der Waals surface area contributed by atoms with Gasteiger partial charge in [-0.25, -0.2) is 0 Å². The number of carbonyl (C=O) groups excluding carboxylic acids is 2. The molecular weight excluding hydrogens is 210 g/mol. The van der Waals surface area contributed by atoms with Crippen molar-refractivity contribution in [2.75, 3.05) is 11.4 Å². The molecule has 16 heavy (non-hydrogen) atoms. The molecule has 1 aromatic carbocycles. The van der Waals surface area contributed by atoms with E-state index < -0.39 is 12.1 Å². The van der Waals surface area contributed by atoms with Crippen LogP contribution in [-0.4, -0.2) is 24.5 Å². The summed E-state index contributed by atoms with van der Waals surface area (Å²) in [5.41, 5.74) is 0.590. The number of nitrogens with zero attached hydrogens (tertiary/aromatic N) is 1. The van der Waals surface area contributed by atoms with Gasteiger partial charge in [-0.3, -0.25) is 4.79 Å². The summed E-state index contributed by atoms with van der Waals surface area (Å²) < 4.78 is 5.22. The highest BCUT2D eigenvalue weighted by molar-refractivity contribution is 5.94. The number of carboxylic acid groups (broad SMARTS) is 1. The van der Waals surface area contributed by atoms with Crippen molar-refractivity contribution in [2.45, 2.75) is 13.0 Å².